The Balaban J connectivity index is 2.17. The van der Waals surface area contributed by atoms with Crippen LogP contribution in [-0.2, 0) is 22.7 Å². The monoisotopic (exact) mass is 373 g/mol. The molecule has 2 aromatic carbocycles. The van der Waals surface area contributed by atoms with E-state index in [4.69, 9.17) is 4.74 Å². The number of benzene rings is 2. The molecule has 0 unspecified atom stereocenters. The average molecular weight is 373 g/mol. The van der Waals surface area contributed by atoms with Gasteiger partial charge in [0, 0.05) is 6.54 Å². The maximum atomic E-state index is 12.5. The molecule has 0 saturated heterocycles. The Kier molecular flexibility index (Phi) is 5.43. The van der Waals surface area contributed by atoms with Gasteiger partial charge in [0.2, 0.25) is 10.0 Å². The lowest BCUT2D eigenvalue weighted by atomic mass is 10.1. The summed E-state index contributed by atoms with van der Waals surface area (Å²) in [4.78, 5) is 0.0789. The number of hydrogen-bond donors (Lipinski definition) is 1. The number of aryl methyl sites for hydroxylation is 2. The Bertz CT molecular complexity index is 837. The average Bonchev–Trinajstić information content (AvgIpc) is 2.52. The molecule has 0 aliphatic heterocycles. The van der Waals surface area contributed by atoms with E-state index >= 15 is 0 Å². The van der Waals surface area contributed by atoms with Gasteiger partial charge < -0.3 is 4.74 Å². The molecule has 136 valence electrons. The van der Waals surface area contributed by atoms with Crippen LogP contribution in [0.5, 0.6) is 5.75 Å². The van der Waals surface area contributed by atoms with Crippen molar-refractivity contribution in [3.63, 3.8) is 0 Å². The van der Waals surface area contributed by atoms with Crippen molar-refractivity contribution < 1.29 is 26.3 Å². The van der Waals surface area contributed by atoms with E-state index in [0.717, 1.165) is 12.1 Å². The number of methoxy groups -OCH3 is 1. The summed E-state index contributed by atoms with van der Waals surface area (Å²) >= 11 is 0. The van der Waals surface area contributed by atoms with Gasteiger partial charge in [0.25, 0.3) is 0 Å². The topological polar surface area (TPSA) is 55.4 Å². The molecule has 0 heterocycles. The van der Waals surface area contributed by atoms with Gasteiger partial charge in [0.1, 0.15) is 5.75 Å². The van der Waals surface area contributed by atoms with Crippen LogP contribution >= 0.6 is 0 Å². The van der Waals surface area contributed by atoms with Gasteiger partial charge in [0.05, 0.1) is 17.6 Å². The summed E-state index contributed by atoms with van der Waals surface area (Å²) in [6, 6.07) is 7.31. The Morgan fingerprint density at radius 3 is 2.00 bits per heavy atom. The predicted molar refractivity (Wildman–Crippen MR) is 87.9 cm³/mol. The molecule has 0 saturated carbocycles. The van der Waals surface area contributed by atoms with Crippen LogP contribution in [-0.4, -0.2) is 15.5 Å². The molecule has 2 rings (SSSR count). The van der Waals surface area contributed by atoms with Gasteiger partial charge in [-0.05, 0) is 54.8 Å². The highest BCUT2D eigenvalue weighted by atomic mass is 32.2. The van der Waals surface area contributed by atoms with Crippen LogP contribution < -0.4 is 9.46 Å². The molecule has 4 nitrogen and oxygen atoms in total. The zero-order chi connectivity index (χ0) is 18.8. The lowest BCUT2D eigenvalue weighted by Crippen LogP contribution is -2.23. The van der Waals surface area contributed by atoms with Gasteiger partial charge in [-0.15, -0.1) is 0 Å². The Morgan fingerprint density at radius 2 is 1.56 bits per heavy atom. The van der Waals surface area contributed by atoms with E-state index in [0.29, 0.717) is 22.4 Å². The van der Waals surface area contributed by atoms with E-state index in [1.54, 1.807) is 13.8 Å². The normalized spacial score (nSPS) is 12.2. The van der Waals surface area contributed by atoms with Gasteiger partial charge in [-0.1, -0.05) is 12.1 Å². The van der Waals surface area contributed by atoms with Gasteiger partial charge in [0.15, 0.2) is 0 Å². The summed E-state index contributed by atoms with van der Waals surface area (Å²) in [6.07, 6.45) is -4.42. The van der Waals surface area contributed by atoms with Crippen LogP contribution in [0.3, 0.4) is 0 Å². The van der Waals surface area contributed by atoms with Crippen LogP contribution in [0.25, 0.3) is 0 Å². The number of ether oxygens (including phenoxy) is 1. The lowest BCUT2D eigenvalue weighted by Gasteiger charge is -2.13. The first-order chi connectivity index (χ1) is 11.5. The zero-order valence-corrected chi connectivity index (χ0v) is 14.8. The molecule has 8 heteroatoms. The second kappa shape index (κ2) is 7.05. The zero-order valence-electron chi connectivity index (χ0n) is 13.9. The van der Waals surface area contributed by atoms with Crippen LogP contribution in [0.2, 0.25) is 0 Å². The molecule has 2 aromatic rings. The smallest absolute Gasteiger partial charge is 0.416 e. The van der Waals surface area contributed by atoms with E-state index in [-0.39, 0.29) is 11.4 Å². The van der Waals surface area contributed by atoms with E-state index < -0.39 is 21.8 Å². The number of alkyl halides is 3. The summed E-state index contributed by atoms with van der Waals surface area (Å²) in [6.45, 7) is 3.37. The molecular weight excluding hydrogens is 355 g/mol. The highest BCUT2D eigenvalue weighted by Gasteiger charge is 2.30. The minimum Gasteiger partial charge on any atom is -0.496 e. The Labute approximate surface area is 144 Å². The van der Waals surface area contributed by atoms with Gasteiger partial charge in [-0.2, -0.15) is 13.2 Å². The molecule has 0 aliphatic carbocycles. The third kappa shape index (κ3) is 4.52. The molecule has 1 N–H and O–H groups in total. The minimum absolute atomic E-state index is 0.0789. The molecule has 0 aliphatic rings. The fraction of sp³-hybridized carbons (Fsp3) is 0.294. The maximum absolute atomic E-state index is 12.5. The van der Waals surface area contributed by atoms with Gasteiger partial charge in [-0.25, -0.2) is 13.1 Å². The summed E-state index contributed by atoms with van der Waals surface area (Å²) in [5.41, 5.74) is 1.01. The van der Waals surface area contributed by atoms with Gasteiger partial charge in [-0.3, -0.25) is 0 Å². The standard InChI is InChI=1S/C17H18F3NO3S/c1-11-8-15(9-12(2)16(11)24-3)25(22,23)21-10-13-4-6-14(7-5-13)17(18,19)20/h4-9,21H,10H2,1-3H3. The third-order valence-corrected chi connectivity index (χ3v) is 5.08. The highest BCUT2D eigenvalue weighted by molar-refractivity contribution is 7.89. The van der Waals surface area contributed by atoms with Crippen LogP contribution in [0.1, 0.15) is 22.3 Å². The first kappa shape index (κ1) is 19.3. The van der Waals surface area contributed by atoms with Crippen molar-refractivity contribution in [2.75, 3.05) is 7.11 Å². The van der Waals surface area contributed by atoms with E-state index in [2.05, 4.69) is 4.72 Å². The second-order valence-corrected chi connectivity index (χ2v) is 7.38. The number of rotatable bonds is 5. The molecular formula is C17H18F3NO3S. The second-order valence-electron chi connectivity index (χ2n) is 5.61. The summed E-state index contributed by atoms with van der Waals surface area (Å²) in [7, 11) is -2.29. The molecule has 25 heavy (non-hydrogen) atoms. The summed E-state index contributed by atoms with van der Waals surface area (Å²) < 4.78 is 70.0. The fourth-order valence-corrected chi connectivity index (χ4v) is 3.65. The quantitative estimate of drug-likeness (QED) is 0.867. The predicted octanol–water partition coefficient (Wildman–Crippen LogP) is 3.81. The number of nitrogens with one attached hydrogen (secondary N) is 1. The van der Waals surface area contributed by atoms with Crippen molar-refractivity contribution in [3.8, 4) is 5.75 Å². The minimum atomic E-state index is -4.42. The fourth-order valence-electron chi connectivity index (χ4n) is 2.46. The molecule has 0 amide bonds. The third-order valence-electron chi connectivity index (χ3n) is 3.70. The van der Waals surface area contributed by atoms with Crippen molar-refractivity contribution in [1.82, 2.24) is 4.72 Å². The van der Waals surface area contributed by atoms with Crippen molar-refractivity contribution in [3.05, 3.63) is 58.7 Å². The van der Waals surface area contributed by atoms with Crippen molar-refractivity contribution in [2.45, 2.75) is 31.5 Å². The molecule has 0 radical (unpaired) electrons. The van der Waals surface area contributed by atoms with Crippen LogP contribution in [0.4, 0.5) is 13.2 Å². The van der Waals surface area contributed by atoms with Crippen molar-refractivity contribution >= 4 is 10.0 Å². The highest BCUT2D eigenvalue weighted by Crippen LogP contribution is 2.29. The summed E-state index contributed by atoms with van der Waals surface area (Å²) in [5, 5.41) is 0. The van der Waals surface area contributed by atoms with E-state index in [1.807, 2.05) is 0 Å². The summed E-state index contributed by atoms with van der Waals surface area (Å²) in [5.74, 6) is 0.613. The first-order valence-electron chi connectivity index (χ1n) is 7.35. The number of halogens is 3. The van der Waals surface area contributed by atoms with E-state index in [9.17, 15) is 21.6 Å². The Morgan fingerprint density at radius 1 is 1.04 bits per heavy atom. The van der Waals surface area contributed by atoms with Crippen LogP contribution in [0.15, 0.2) is 41.3 Å². The molecule has 0 spiro atoms. The largest absolute Gasteiger partial charge is 0.496 e. The molecule has 0 fully saturated rings. The maximum Gasteiger partial charge on any atom is 0.416 e. The Hall–Kier alpha value is -2.06. The van der Waals surface area contributed by atoms with Crippen molar-refractivity contribution in [2.24, 2.45) is 0 Å². The number of hydrogen-bond acceptors (Lipinski definition) is 3. The molecule has 0 aromatic heterocycles. The molecule has 0 bridgehead atoms. The first-order valence-corrected chi connectivity index (χ1v) is 8.84. The SMILES string of the molecule is COc1c(C)cc(S(=O)(=O)NCc2ccc(C(F)(F)F)cc2)cc1C. The molecule has 0 atom stereocenters. The van der Waals surface area contributed by atoms with Gasteiger partial charge >= 0.3 is 6.18 Å². The lowest BCUT2D eigenvalue weighted by molar-refractivity contribution is -0.137. The number of sulfonamides is 1. The van der Waals surface area contributed by atoms with E-state index in [1.165, 1.54) is 31.4 Å². The van der Waals surface area contributed by atoms with Crippen molar-refractivity contribution in [1.29, 1.82) is 0 Å². The van der Waals surface area contributed by atoms with Crippen LogP contribution in [0, 0.1) is 13.8 Å².